The molecule has 0 bridgehead atoms. The quantitative estimate of drug-likeness (QED) is 0.693. The first-order valence-electron chi connectivity index (χ1n) is 9.31. The zero-order valence-corrected chi connectivity index (χ0v) is 16.9. The van der Waals surface area contributed by atoms with Gasteiger partial charge in [0.2, 0.25) is 0 Å². The Labute approximate surface area is 169 Å². The second kappa shape index (κ2) is 9.09. The number of hydrogen-bond donors (Lipinski definition) is 1. The third kappa shape index (κ3) is 6.05. The molecular formula is C21H23NO6S. The van der Waals surface area contributed by atoms with Crippen LogP contribution in [0, 0.1) is 0 Å². The van der Waals surface area contributed by atoms with E-state index in [2.05, 4.69) is 5.32 Å². The molecule has 154 valence electrons. The van der Waals surface area contributed by atoms with Gasteiger partial charge in [-0.3, -0.25) is 4.79 Å². The van der Waals surface area contributed by atoms with E-state index < -0.39 is 33.9 Å². The first-order chi connectivity index (χ1) is 13.8. The number of hydrogen-bond acceptors (Lipinski definition) is 6. The summed E-state index contributed by atoms with van der Waals surface area (Å²) in [5, 5.41) is 2.62. The van der Waals surface area contributed by atoms with Crippen LogP contribution in [0.1, 0.15) is 29.3 Å². The van der Waals surface area contributed by atoms with Gasteiger partial charge in [0, 0.05) is 6.04 Å². The van der Waals surface area contributed by atoms with Crippen LogP contribution in [0.15, 0.2) is 54.6 Å². The molecule has 1 saturated heterocycles. The molecule has 0 radical (unpaired) electrons. The van der Waals surface area contributed by atoms with E-state index in [1.807, 2.05) is 30.3 Å². The van der Waals surface area contributed by atoms with Gasteiger partial charge in [0.1, 0.15) is 12.4 Å². The predicted molar refractivity (Wildman–Crippen MR) is 107 cm³/mol. The standard InChI is InChI=1S/C21H23NO6S/c1-15(20(23)22-18-11-12-29(25,26)14-18)28-21(24)17-9-7-16(8-10-17)13-27-19-5-3-2-4-6-19/h2-10,15,18H,11-14H2,1H3,(H,22,23)/t15-,18+/m1/s1. The lowest BCUT2D eigenvalue weighted by Gasteiger charge is -2.16. The molecule has 1 heterocycles. The lowest BCUT2D eigenvalue weighted by Crippen LogP contribution is -2.42. The Morgan fingerprint density at radius 1 is 1.10 bits per heavy atom. The molecule has 3 rings (SSSR count). The number of amides is 1. The summed E-state index contributed by atoms with van der Waals surface area (Å²) in [6.07, 6.45) is -0.645. The van der Waals surface area contributed by atoms with Crippen LogP contribution in [-0.2, 0) is 26.0 Å². The summed E-state index contributed by atoms with van der Waals surface area (Å²) in [7, 11) is -3.09. The molecule has 1 fully saturated rings. The topological polar surface area (TPSA) is 98.8 Å². The normalized spacial score (nSPS) is 18.6. The number of esters is 1. The maximum Gasteiger partial charge on any atom is 0.338 e. The molecule has 0 aromatic heterocycles. The van der Waals surface area contributed by atoms with Gasteiger partial charge in [-0.2, -0.15) is 0 Å². The highest BCUT2D eigenvalue weighted by atomic mass is 32.2. The number of sulfone groups is 1. The molecule has 1 aliphatic heterocycles. The van der Waals surface area contributed by atoms with Gasteiger partial charge in [0.15, 0.2) is 15.9 Å². The Morgan fingerprint density at radius 2 is 1.79 bits per heavy atom. The molecule has 0 saturated carbocycles. The molecule has 1 amide bonds. The fourth-order valence-corrected chi connectivity index (χ4v) is 4.60. The molecule has 0 unspecified atom stereocenters. The van der Waals surface area contributed by atoms with Crippen molar-refractivity contribution in [3.8, 4) is 5.75 Å². The Morgan fingerprint density at radius 3 is 2.41 bits per heavy atom. The van der Waals surface area contributed by atoms with Crippen LogP contribution in [0.5, 0.6) is 5.75 Å². The van der Waals surface area contributed by atoms with E-state index in [0.29, 0.717) is 18.6 Å². The molecule has 29 heavy (non-hydrogen) atoms. The maximum absolute atomic E-state index is 12.3. The van der Waals surface area contributed by atoms with E-state index in [9.17, 15) is 18.0 Å². The summed E-state index contributed by atoms with van der Waals surface area (Å²) in [5.74, 6) is -0.389. The van der Waals surface area contributed by atoms with Crippen molar-refractivity contribution in [3.63, 3.8) is 0 Å². The molecule has 1 N–H and O–H groups in total. The maximum atomic E-state index is 12.3. The highest BCUT2D eigenvalue weighted by Gasteiger charge is 2.30. The molecule has 7 nitrogen and oxygen atoms in total. The van der Waals surface area contributed by atoms with Crippen molar-refractivity contribution in [3.05, 3.63) is 65.7 Å². The number of rotatable bonds is 7. The fourth-order valence-electron chi connectivity index (χ4n) is 2.93. The van der Waals surface area contributed by atoms with Crippen LogP contribution in [0.3, 0.4) is 0 Å². The summed E-state index contributed by atoms with van der Waals surface area (Å²) < 4.78 is 33.8. The molecular weight excluding hydrogens is 394 g/mol. The highest BCUT2D eigenvalue weighted by molar-refractivity contribution is 7.91. The lowest BCUT2D eigenvalue weighted by molar-refractivity contribution is -0.129. The van der Waals surface area contributed by atoms with Gasteiger partial charge in [-0.05, 0) is 43.2 Å². The van der Waals surface area contributed by atoms with E-state index >= 15 is 0 Å². The second-order valence-corrected chi connectivity index (χ2v) is 9.18. The van der Waals surface area contributed by atoms with Crippen molar-refractivity contribution in [1.82, 2.24) is 5.32 Å². The fraction of sp³-hybridized carbons (Fsp3) is 0.333. The van der Waals surface area contributed by atoms with E-state index in [0.717, 1.165) is 11.3 Å². The minimum Gasteiger partial charge on any atom is -0.489 e. The summed E-state index contributed by atoms with van der Waals surface area (Å²) >= 11 is 0. The van der Waals surface area contributed by atoms with Crippen molar-refractivity contribution in [1.29, 1.82) is 0 Å². The van der Waals surface area contributed by atoms with Crippen molar-refractivity contribution in [2.75, 3.05) is 11.5 Å². The van der Waals surface area contributed by atoms with Gasteiger partial charge in [-0.25, -0.2) is 13.2 Å². The number of benzene rings is 2. The monoisotopic (exact) mass is 417 g/mol. The minimum absolute atomic E-state index is 0.0620. The van der Waals surface area contributed by atoms with E-state index in [1.165, 1.54) is 6.92 Å². The van der Waals surface area contributed by atoms with Gasteiger partial charge < -0.3 is 14.8 Å². The number of carbonyl (C=O) groups is 2. The van der Waals surface area contributed by atoms with Gasteiger partial charge in [-0.1, -0.05) is 30.3 Å². The first kappa shape index (κ1) is 20.9. The second-order valence-electron chi connectivity index (χ2n) is 6.95. The third-order valence-corrected chi connectivity index (χ3v) is 6.34. The SMILES string of the molecule is C[C@@H](OC(=O)c1ccc(COc2ccccc2)cc1)C(=O)N[C@H]1CCS(=O)(=O)C1. The zero-order valence-electron chi connectivity index (χ0n) is 16.0. The van der Waals surface area contributed by atoms with Crippen LogP contribution in [0.4, 0.5) is 0 Å². The van der Waals surface area contributed by atoms with Gasteiger partial charge in [0.25, 0.3) is 5.91 Å². The largest absolute Gasteiger partial charge is 0.489 e. The van der Waals surface area contributed by atoms with Crippen LogP contribution in [0.2, 0.25) is 0 Å². The molecule has 8 heteroatoms. The number of nitrogens with one attached hydrogen (secondary N) is 1. The van der Waals surface area contributed by atoms with Crippen molar-refractivity contribution < 1.29 is 27.5 Å². The van der Waals surface area contributed by atoms with Crippen LogP contribution in [-0.4, -0.2) is 43.9 Å². The van der Waals surface area contributed by atoms with E-state index in [1.54, 1.807) is 24.3 Å². The third-order valence-electron chi connectivity index (χ3n) is 4.57. The predicted octanol–water partition coefficient (Wildman–Crippen LogP) is 2.11. The van der Waals surface area contributed by atoms with Crippen LogP contribution >= 0.6 is 0 Å². The first-order valence-corrected chi connectivity index (χ1v) is 11.1. The van der Waals surface area contributed by atoms with Crippen molar-refractivity contribution in [2.45, 2.75) is 32.1 Å². The summed E-state index contributed by atoms with van der Waals surface area (Å²) in [4.78, 5) is 24.4. The van der Waals surface area contributed by atoms with Crippen LogP contribution < -0.4 is 10.1 Å². The van der Waals surface area contributed by atoms with Crippen molar-refractivity contribution in [2.24, 2.45) is 0 Å². The Hall–Kier alpha value is -2.87. The summed E-state index contributed by atoms with van der Waals surface area (Å²) in [5.41, 5.74) is 1.20. The lowest BCUT2D eigenvalue weighted by atomic mass is 10.1. The molecule has 0 aliphatic carbocycles. The average molecular weight is 417 g/mol. The van der Waals surface area contributed by atoms with Gasteiger partial charge in [-0.15, -0.1) is 0 Å². The molecule has 2 aromatic carbocycles. The van der Waals surface area contributed by atoms with Crippen molar-refractivity contribution >= 4 is 21.7 Å². The highest BCUT2D eigenvalue weighted by Crippen LogP contribution is 2.14. The van der Waals surface area contributed by atoms with Gasteiger partial charge in [0.05, 0.1) is 17.1 Å². The molecule has 0 spiro atoms. The number of carbonyl (C=O) groups excluding carboxylic acids is 2. The number of para-hydroxylation sites is 1. The Bertz CT molecular complexity index is 956. The van der Waals surface area contributed by atoms with E-state index in [-0.39, 0.29) is 11.5 Å². The summed E-state index contributed by atoms with van der Waals surface area (Å²) in [6.45, 7) is 1.82. The van der Waals surface area contributed by atoms with Crippen LogP contribution in [0.25, 0.3) is 0 Å². The van der Waals surface area contributed by atoms with E-state index in [4.69, 9.17) is 9.47 Å². The smallest absolute Gasteiger partial charge is 0.338 e. The Balaban J connectivity index is 1.48. The molecule has 2 atom stereocenters. The van der Waals surface area contributed by atoms with Gasteiger partial charge >= 0.3 is 5.97 Å². The molecule has 2 aromatic rings. The Kier molecular flexibility index (Phi) is 6.53. The summed E-state index contributed by atoms with van der Waals surface area (Å²) in [6, 6.07) is 15.7. The zero-order chi connectivity index (χ0) is 20.9. The number of ether oxygens (including phenoxy) is 2. The average Bonchev–Trinajstić information content (AvgIpc) is 3.05. The minimum atomic E-state index is -3.09. The molecule has 1 aliphatic rings.